The summed E-state index contributed by atoms with van der Waals surface area (Å²) in [7, 11) is 0. The van der Waals surface area contributed by atoms with Crippen LogP contribution in [0.3, 0.4) is 0 Å². The predicted octanol–water partition coefficient (Wildman–Crippen LogP) is 9.51. The third kappa shape index (κ3) is 23.3. The van der Waals surface area contributed by atoms with Crippen molar-refractivity contribution in [2.75, 3.05) is 6.61 Å². The summed E-state index contributed by atoms with van der Waals surface area (Å²) in [6.45, 7) is 2.03. The van der Waals surface area contributed by atoms with E-state index < -0.39 is 12.2 Å². The highest BCUT2D eigenvalue weighted by atomic mass is 35.9. The molecular formula is C25H47Cl2O4P. The molecule has 0 spiro atoms. The molecule has 0 aromatic rings. The third-order valence-corrected chi connectivity index (χ3v) is 6.66. The van der Waals surface area contributed by atoms with Crippen LogP contribution in [0.15, 0.2) is 12.2 Å². The number of Topliss-reactive ketones (excluding diaryl/α,β-unsaturated/α-hetero) is 1. The van der Waals surface area contributed by atoms with E-state index in [1.165, 1.54) is 89.9 Å². The molecule has 0 aromatic heterocycles. The van der Waals surface area contributed by atoms with Crippen LogP contribution in [0.4, 0.5) is 0 Å². The Bertz CT molecular complexity index is 508. The van der Waals surface area contributed by atoms with E-state index in [0.717, 1.165) is 19.3 Å². The second kappa shape index (κ2) is 22.9. The summed E-state index contributed by atoms with van der Waals surface area (Å²) in [5.41, 5.74) is 0. The topological polar surface area (TPSA) is 63.6 Å². The van der Waals surface area contributed by atoms with E-state index in [1.807, 2.05) is 0 Å². The number of allylic oxidation sites excluding steroid dienone is 2. The van der Waals surface area contributed by atoms with E-state index in [1.54, 1.807) is 0 Å². The van der Waals surface area contributed by atoms with Gasteiger partial charge in [-0.25, -0.2) is 0 Å². The van der Waals surface area contributed by atoms with Gasteiger partial charge in [0, 0.05) is 19.4 Å². The van der Waals surface area contributed by atoms with Gasteiger partial charge in [0.05, 0.1) is 0 Å². The summed E-state index contributed by atoms with van der Waals surface area (Å²) >= 11 is 10.8. The Balaban J connectivity index is 3.46. The van der Waals surface area contributed by atoms with Crippen LogP contribution in [-0.4, -0.2) is 23.6 Å². The number of carbonyl (C=O) groups excluding carboxylic acids is 1. The summed E-state index contributed by atoms with van der Waals surface area (Å²) in [5, 5.41) is 9.01. The number of hydrogen-bond acceptors (Lipinski definition) is 4. The van der Waals surface area contributed by atoms with E-state index in [9.17, 15) is 9.36 Å². The Morgan fingerprint density at radius 1 is 0.812 bits per heavy atom. The summed E-state index contributed by atoms with van der Waals surface area (Å²) in [6.07, 6.45) is 21.6. The Hall–Kier alpha value is 0.140. The molecule has 32 heavy (non-hydrogen) atoms. The van der Waals surface area contributed by atoms with E-state index >= 15 is 0 Å². The van der Waals surface area contributed by atoms with Crippen molar-refractivity contribution in [1.29, 1.82) is 0 Å². The van der Waals surface area contributed by atoms with Gasteiger partial charge in [-0.3, -0.25) is 13.9 Å². The van der Waals surface area contributed by atoms with Gasteiger partial charge in [0.15, 0.2) is 5.78 Å². The second-order valence-corrected chi connectivity index (χ2v) is 13.0. The van der Waals surface area contributed by atoms with Crippen LogP contribution < -0.4 is 0 Å². The second-order valence-electron chi connectivity index (χ2n) is 8.74. The Morgan fingerprint density at radius 3 is 1.69 bits per heavy atom. The average molecular weight is 514 g/mol. The van der Waals surface area contributed by atoms with Gasteiger partial charge in [-0.15, -0.1) is 0 Å². The number of hydrogen-bond donors (Lipinski definition) is 1. The zero-order valence-corrected chi connectivity index (χ0v) is 22.7. The molecule has 190 valence electrons. The average Bonchev–Trinajstić information content (AvgIpc) is 2.74. The molecule has 0 bridgehead atoms. The molecule has 1 N–H and O–H groups in total. The molecule has 0 aliphatic heterocycles. The van der Waals surface area contributed by atoms with Gasteiger partial charge in [0.2, 0.25) is 0 Å². The monoisotopic (exact) mass is 512 g/mol. The molecule has 1 atom stereocenters. The van der Waals surface area contributed by atoms with Crippen molar-refractivity contribution in [3.05, 3.63) is 12.2 Å². The van der Waals surface area contributed by atoms with Crippen LogP contribution in [-0.2, 0) is 13.9 Å². The largest absolute Gasteiger partial charge is 0.396 e. The van der Waals surface area contributed by atoms with Crippen molar-refractivity contribution < 1.29 is 19.0 Å². The summed E-state index contributed by atoms with van der Waals surface area (Å²) in [4.78, 5) is 12.1. The zero-order valence-electron chi connectivity index (χ0n) is 20.2. The fourth-order valence-corrected chi connectivity index (χ4v) is 4.87. The number of ketones is 1. The lowest BCUT2D eigenvalue weighted by Gasteiger charge is -2.15. The molecule has 1 unspecified atom stereocenters. The highest BCUT2D eigenvalue weighted by Gasteiger charge is 2.26. The number of carbonyl (C=O) groups is 1. The van der Waals surface area contributed by atoms with Crippen molar-refractivity contribution in [2.24, 2.45) is 0 Å². The standard InChI is InChI=1S/C25H47Cl2O4P/c1-2-3-4-5-6-7-8-9-10-11-12-13-14-15-16-17-18-19-20-21-24(29)25(22-23-28)31-32(26,27)30/h9-10,25,28H,2-8,11-23H2,1H3/b10-9-. The molecule has 0 aliphatic carbocycles. The highest BCUT2D eigenvalue weighted by molar-refractivity contribution is 8.05. The first kappa shape index (κ1) is 32.1. The number of aliphatic hydroxyl groups is 1. The molecule has 0 saturated heterocycles. The fourth-order valence-electron chi connectivity index (χ4n) is 3.78. The van der Waals surface area contributed by atoms with E-state index in [2.05, 4.69) is 19.1 Å². The highest BCUT2D eigenvalue weighted by Crippen LogP contribution is 2.58. The van der Waals surface area contributed by atoms with Crippen molar-refractivity contribution in [1.82, 2.24) is 0 Å². The molecular weight excluding hydrogens is 466 g/mol. The van der Waals surface area contributed by atoms with Crippen LogP contribution in [0.1, 0.15) is 129 Å². The smallest absolute Gasteiger partial charge is 0.380 e. The normalized spacial score (nSPS) is 13.1. The van der Waals surface area contributed by atoms with Crippen molar-refractivity contribution >= 4 is 34.3 Å². The number of rotatable bonds is 24. The third-order valence-electron chi connectivity index (χ3n) is 5.69. The molecule has 4 nitrogen and oxygen atoms in total. The van der Waals surface area contributed by atoms with Crippen LogP contribution in [0.2, 0.25) is 0 Å². The van der Waals surface area contributed by atoms with E-state index in [4.69, 9.17) is 32.1 Å². The fraction of sp³-hybridized carbons (Fsp3) is 0.880. The number of unbranched alkanes of at least 4 members (excludes halogenated alkanes) is 15. The Kier molecular flexibility index (Phi) is 23.0. The minimum atomic E-state index is -3.78. The van der Waals surface area contributed by atoms with Gasteiger partial charge in [-0.05, 0) is 54.6 Å². The van der Waals surface area contributed by atoms with Gasteiger partial charge >= 0.3 is 6.07 Å². The molecule has 0 saturated carbocycles. The number of aliphatic hydroxyl groups excluding tert-OH is 1. The van der Waals surface area contributed by atoms with Crippen LogP contribution >= 0.6 is 28.6 Å². The first-order valence-corrected chi connectivity index (χ1v) is 16.3. The lowest BCUT2D eigenvalue weighted by Crippen LogP contribution is -2.23. The minimum absolute atomic E-state index is 0.0666. The lowest BCUT2D eigenvalue weighted by molar-refractivity contribution is -0.126. The maximum Gasteiger partial charge on any atom is 0.380 e. The molecule has 0 heterocycles. The van der Waals surface area contributed by atoms with Crippen LogP contribution in [0, 0.1) is 0 Å². The molecule has 0 aromatic carbocycles. The minimum Gasteiger partial charge on any atom is -0.396 e. The first-order chi connectivity index (χ1) is 15.4. The zero-order chi connectivity index (χ0) is 23.9. The number of halogens is 2. The molecule has 0 aliphatic rings. The van der Waals surface area contributed by atoms with Crippen LogP contribution in [0.5, 0.6) is 0 Å². The van der Waals surface area contributed by atoms with E-state index in [0.29, 0.717) is 6.42 Å². The lowest BCUT2D eigenvalue weighted by atomic mass is 10.0. The van der Waals surface area contributed by atoms with Gasteiger partial charge in [0.25, 0.3) is 0 Å². The molecule has 0 rings (SSSR count). The Labute approximate surface area is 206 Å². The van der Waals surface area contributed by atoms with Gasteiger partial charge in [0.1, 0.15) is 6.10 Å². The van der Waals surface area contributed by atoms with Gasteiger partial charge < -0.3 is 5.11 Å². The molecule has 0 radical (unpaired) electrons. The van der Waals surface area contributed by atoms with Gasteiger partial charge in [-0.2, -0.15) is 0 Å². The first-order valence-electron chi connectivity index (χ1n) is 12.9. The predicted molar refractivity (Wildman–Crippen MR) is 139 cm³/mol. The van der Waals surface area contributed by atoms with Crippen molar-refractivity contribution in [2.45, 2.75) is 135 Å². The molecule has 0 amide bonds. The van der Waals surface area contributed by atoms with Gasteiger partial charge in [-0.1, -0.05) is 96.1 Å². The van der Waals surface area contributed by atoms with Crippen LogP contribution in [0.25, 0.3) is 0 Å². The molecule has 0 fully saturated rings. The summed E-state index contributed by atoms with van der Waals surface area (Å²) in [5.74, 6) is -0.193. The quantitative estimate of drug-likeness (QED) is 0.0793. The van der Waals surface area contributed by atoms with Crippen molar-refractivity contribution in [3.8, 4) is 0 Å². The Morgan fingerprint density at radius 2 is 1.25 bits per heavy atom. The summed E-state index contributed by atoms with van der Waals surface area (Å²) < 4.78 is 16.2. The SMILES string of the molecule is CCCCCCCC/C=C\CCCCCCCCCCCC(=O)C(CCO)OP(=O)(Cl)Cl. The van der Waals surface area contributed by atoms with E-state index in [-0.39, 0.29) is 18.8 Å². The maximum atomic E-state index is 12.1. The maximum absolute atomic E-state index is 12.1. The van der Waals surface area contributed by atoms with Crippen molar-refractivity contribution in [3.63, 3.8) is 0 Å². The molecule has 7 heteroatoms. The summed E-state index contributed by atoms with van der Waals surface area (Å²) in [6, 6.07) is 0.